The third-order valence-corrected chi connectivity index (χ3v) is 3.91. The third-order valence-electron chi connectivity index (χ3n) is 2.03. The summed E-state index contributed by atoms with van der Waals surface area (Å²) in [6.07, 6.45) is 0. The molecule has 5 nitrogen and oxygen atoms in total. The molecule has 0 saturated carbocycles. The maximum atomic E-state index is 11.9. The number of carboxylic acids is 1. The topological polar surface area (TPSA) is 83.5 Å². The lowest BCUT2D eigenvalue weighted by Gasteiger charge is -2.08. The Hall–Kier alpha value is -1.37. The second-order valence-electron chi connectivity index (χ2n) is 3.73. The van der Waals surface area contributed by atoms with Gasteiger partial charge < -0.3 is 5.11 Å². The van der Waals surface area contributed by atoms with Crippen molar-refractivity contribution in [2.24, 2.45) is 0 Å². The van der Waals surface area contributed by atoms with Crippen LogP contribution >= 0.6 is 11.6 Å². The van der Waals surface area contributed by atoms with Gasteiger partial charge in [0, 0.05) is 6.54 Å². The zero-order valence-electron chi connectivity index (χ0n) is 9.60. The van der Waals surface area contributed by atoms with Gasteiger partial charge in [0.2, 0.25) is 10.0 Å². The highest BCUT2D eigenvalue weighted by Crippen LogP contribution is 2.22. The SMILES string of the molecule is C=C(C)CNS(=O)(=O)c1cc(C(=O)O)ccc1Cl. The Kier molecular flexibility index (Phi) is 4.50. The van der Waals surface area contributed by atoms with Crippen LogP contribution in [0.1, 0.15) is 17.3 Å². The summed E-state index contributed by atoms with van der Waals surface area (Å²) in [6, 6.07) is 3.49. The van der Waals surface area contributed by atoms with E-state index < -0.39 is 16.0 Å². The summed E-state index contributed by atoms with van der Waals surface area (Å²) >= 11 is 5.77. The fourth-order valence-corrected chi connectivity index (χ4v) is 2.76. The molecule has 7 heteroatoms. The number of carboxylic acid groups (broad SMARTS) is 1. The molecule has 1 rings (SSSR count). The van der Waals surface area contributed by atoms with E-state index >= 15 is 0 Å². The molecule has 0 atom stereocenters. The largest absolute Gasteiger partial charge is 0.478 e. The van der Waals surface area contributed by atoms with Crippen LogP contribution < -0.4 is 4.72 Å². The van der Waals surface area contributed by atoms with E-state index in [1.807, 2.05) is 0 Å². The Bertz CT molecular complexity index is 595. The van der Waals surface area contributed by atoms with E-state index in [0.29, 0.717) is 5.57 Å². The lowest BCUT2D eigenvalue weighted by molar-refractivity contribution is 0.0696. The van der Waals surface area contributed by atoms with Gasteiger partial charge in [-0.15, -0.1) is 0 Å². The van der Waals surface area contributed by atoms with E-state index in [9.17, 15) is 13.2 Å². The van der Waals surface area contributed by atoms with Crippen molar-refractivity contribution >= 4 is 27.6 Å². The standard InChI is InChI=1S/C11H12ClNO4S/c1-7(2)6-13-18(16,17)10-5-8(11(14)15)3-4-9(10)12/h3-5,13H,1,6H2,2H3,(H,14,15). The minimum atomic E-state index is -3.85. The lowest BCUT2D eigenvalue weighted by atomic mass is 10.2. The first-order valence-corrected chi connectivity index (χ1v) is 6.77. The van der Waals surface area contributed by atoms with Crippen LogP contribution in [-0.4, -0.2) is 26.0 Å². The molecule has 0 saturated heterocycles. The maximum Gasteiger partial charge on any atom is 0.335 e. The summed E-state index contributed by atoms with van der Waals surface area (Å²) in [6.45, 7) is 5.30. The second-order valence-corrected chi connectivity index (χ2v) is 5.87. The number of halogens is 1. The van der Waals surface area contributed by atoms with Gasteiger partial charge in [0.05, 0.1) is 10.6 Å². The first-order chi connectivity index (χ1) is 8.24. The maximum absolute atomic E-state index is 11.9. The van der Waals surface area contributed by atoms with Crippen molar-refractivity contribution in [2.75, 3.05) is 6.54 Å². The number of hydrogen-bond acceptors (Lipinski definition) is 3. The van der Waals surface area contributed by atoms with E-state index in [2.05, 4.69) is 11.3 Å². The van der Waals surface area contributed by atoms with Crippen molar-refractivity contribution < 1.29 is 18.3 Å². The van der Waals surface area contributed by atoms with Gasteiger partial charge in [-0.1, -0.05) is 23.8 Å². The van der Waals surface area contributed by atoms with Crippen molar-refractivity contribution in [1.29, 1.82) is 0 Å². The van der Waals surface area contributed by atoms with Crippen LogP contribution in [-0.2, 0) is 10.0 Å². The Labute approximate surface area is 110 Å². The van der Waals surface area contributed by atoms with Gasteiger partial charge in [-0.05, 0) is 25.1 Å². The molecule has 0 aliphatic heterocycles. The minimum absolute atomic E-state index is 0.0331. The molecule has 0 heterocycles. The van der Waals surface area contributed by atoms with Crippen molar-refractivity contribution in [2.45, 2.75) is 11.8 Å². The average Bonchev–Trinajstić information content (AvgIpc) is 2.26. The highest BCUT2D eigenvalue weighted by atomic mass is 35.5. The first-order valence-electron chi connectivity index (χ1n) is 4.91. The zero-order chi connectivity index (χ0) is 13.9. The number of nitrogens with one attached hydrogen (secondary N) is 1. The zero-order valence-corrected chi connectivity index (χ0v) is 11.2. The number of rotatable bonds is 5. The molecule has 0 bridgehead atoms. The quantitative estimate of drug-likeness (QED) is 0.811. The van der Waals surface area contributed by atoms with Crippen LogP contribution in [0, 0.1) is 0 Å². The Balaban J connectivity index is 3.18. The van der Waals surface area contributed by atoms with Crippen LogP contribution in [0.15, 0.2) is 35.2 Å². The van der Waals surface area contributed by atoms with Gasteiger partial charge in [0.1, 0.15) is 4.90 Å². The molecule has 0 unspecified atom stereocenters. The molecule has 98 valence electrons. The summed E-state index contributed by atoms with van der Waals surface area (Å²) in [5.41, 5.74) is 0.485. The summed E-state index contributed by atoms with van der Waals surface area (Å²) in [7, 11) is -3.85. The molecule has 0 amide bonds. The number of sulfonamides is 1. The molecule has 0 aliphatic carbocycles. The van der Waals surface area contributed by atoms with Crippen molar-refractivity contribution in [3.63, 3.8) is 0 Å². The number of hydrogen-bond donors (Lipinski definition) is 2. The monoisotopic (exact) mass is 289 g/mol. The molecule has 0 spiro atoms. The molecule has 2 N–H and O–H groups in total. The predicted octanol–water partition coefficient (Wildman–Crippen LogP) is 1.89. The first kappa shape index (κ1) is 14.7. The van der Waals surface area contributed by atoms with Crippen LogP contribution in [0.5, 0.6) is 0 Å². The van der Waals surface area contributed by atoms with Crippen molar-refractivity contribution in [3.05, 3.63) is 40.9 Å². The minimum Gasteiger partial charge on any atom is -0.478 e. The van der Waals surface area contributed by atoms with E-state index in [1.54, 1.807) is 6.92 Å². The fraction of sp³-hybridized carbons (Fsp3) is 0.182. The summed E-state index contributed by atoms with van der Waals surface area (Å²) in [5.74, 6) is -1.22. The van der Waals surface area contributed by atoms with Crippen LogP contribution in [0.3, 0.4) is 0 Å². The molecular formula is C11H12ClNO4S. The molecule has 0 aliphatic rings. The van der Waals surface area contributed by atoms with E-state index in [-0.39, 0.29) is 22.0 Å². The molecule has 18 heavy (non-hydrogen) atoms. The normalized spacial score (nSPS) is 11.2. The predicted molar refractivity (Wildman–Crippen MR) is 68.4 cm³/mol. The third kappa shape index (κ3) is 3.56. The van der Waals surface area contributed by atoms with Gasteiger partial charge in [-0.3, -0.25) is 0 Å². The van der Waals surface area contributed by atoms with Gasteiger partial charge in [-0.25, -0.2) is 17.9 Å². The Morgan fingerprint density at radius 1 is 1.50 bits per heavy atom. The molecule has 1 aromatic carbocycles. The van der Waals surface area contributed by atoms with Gasteiger partial charge >= 0.3 is 5.97 Å². The summed E-state index contributed by atoms with van der Waals surface area (Å²) in [5, 5.41) is 8.78. The van der Waals surface area contributed by atoms with Crippen molar-refractivity contribution in [3.8, 4) is 0 Å². The molecule has 0 aromatic heterocycles. The fourth-order valence-electron chi connectivity index (χ4n) is 1.14. The number of benzene rings is 1. The number of aromatic carboxylic acids is 1. The van der Waals surface area contributed by atoms with Gasteiger partial charge in [0.15, 0.2) is 0 Å². The molecule has 0 radical (unpaired) electrons. The Morgan fingerprint density at radius 2 is 2.11 bits per heavy atom. The highest BCUT2D eigenvalue weighted by molar-refractivity contribution is 7.89. The highest BCUT2D eigenvalue weighted by Gasteiger charge is 2.19. The van der Waals surface area contributed by atoms with Crippen LogP contribution in [0.4, 0.5) is 0 Å². The van der Waals surface area contributed by atoms with Gasteiger partial charge in [0.25, 0.3) is 0 Å². The molecular weight excluding hydrogens is 278 g/mol. The summed E-state index contributed by atoms with van der Waals surface area (Å²) < 4.78 is 26.1. The average molecular weight is 290 g/mol. The number of carbonyl (C=O) groups is 1. The van der Waals surface area contributed by atoms with E-state index in [4.69, 9.17) is 16.7 Å². The van der Waals surface area contributed by atoms with Crippen LogP contribution in [0.25, 0.3) is 0 Å². The Morgan fingerprint density at radius 3 is 2.61 bits per heavy atom. The van der Waals surface area contributed by atoms with E-state index in [1.165, 1.54) is 12.1 Å². The molecule has 0 fully saturated rings. The van der Waals surface area contributed by atoms with Gasteiger partial charge in [-0.2, -0.15) is 0 Å². The smallest absolute Gasteiger partial charge is 0.335 e. The summed E-state index contributed by atoms with van der Waals surface area (Å²) in [4.78, 5) is 10.5. The second kappa shape index (κ2) is 5.51. The van der Waals surface area contributed by atoms with Crippen molar-refractivity contribution in [1.82, 2.24) is 4.72 Å². The molecule has 1 aromatic rings. The lowest BCUT2D eigenvalue weighted by Crippen LogP contribution is -2.25. The van der Waals surface area contributed by atoms with E-state index in [0.717, 1.165) is 6.07 Å². The van der Waals surface area contributed by atoms with Crippen LogP contribution in [0.2, 0.25) is 5.02 Å².